The summed E-state index contributed by atoms with van der Waals surface area (Å²) in [4.78, 5) is 12.1. The van der Waals surface area contributed by atoms with Crippen LogP contribution in [0.1, 0.15) is 48.5 Å². The molecule has 1 atom stereocenters. The van der Waals surface area contributed by atoms with Gasteiger partial charge in [0, 0.05) is 0 Å². The van der Waals surface area contributed by atoms with Crippen LogP contribution in [0.15, 0.2) is 48.3 Å². The first-order valence-electron chi connectivity index (χ1n) is 7.82. The third-order valence-electron chi connectivity index (χ3n) is 3.70. The van der Waals surface area contributed by atoms with E-state index in [0.29, 0.717) is 17.7 Å². The number of allylic oxidation sites excluding steroid dienone is 3. The summed E-state index contributed by atoms with van der Waals surface area (Å²) >= 11 is 0. The molecule has 0 spiro atoms. The van der Waals surface area contributed by atoms with E-state index in [0.717, 1.165) is 6.42 Å². The second kappa shape index (κ2) is 8.19. The van der Waals surface area contributed by atoms with Gasteiger partial charge < -0.3 is 4.74 Å². The van der Waals surface area contributed by atoms with Crippen LogP contribution in [0.3, 0.4) is 0 Å². The minimum Gasteiger partial charge on any atom is -0.423 e. The summed E-state index contributed by atoms with van der Waals surface area (Å²) in [5.74, 6) is 0.0415. The van der Waals surface area contributed by atoms with Crippen molar-refractivity contribution in [1.82, 2.24) is 0 Å². The minimum atomic E-state index is -0.355. The number of nitrogens with zero attached hydrogens (tertiary/aromatic N) is 1. The van der Waals surface area contributed by atoms with E-state index in [-0.39, 0.29) is 11.9 Å². The van der Waals surface area contributed by atoms with E-state index in [1.54, 1.807) is 18.2 Å². The molecule has 0 N–H and O–H groups in total. The van der Waals surface area contributed by atoms with Crippen LogP contribution >= 0.6 is 0 Å². The maximum Gasteiger partial charge on any atom is 0.343 e. The van der Waals surface area contributed by atoms with Crippen molar-refractivity contribution in [3.63, 3.8) is 0 Å². The third kappa shape index (κ3) is 4.60. The first-order valence-corrected chi connectivity index (χ1v) is 7.82. The molecule has 1 aromatic carbocycles. The Morgan fingerprint density at radius 3 is 2.68 bits per heavy atom. The van der Waals surface area contributed by atoms with Crippen LogP contribution in [0.4, 0.5) is 0 Å². The Morgan fingerprint density at radius 2 is 2.09 bits per heavy atom. The molecule has 1 aromatic rings. The highest BCUT2D eigenvalue weighted by Crippen LogP contribution is 2.18. The van der Waals surface area contributed by atoms with Crippen molar-refractivity contribution in [3.8, 4) is 6.07 Å². The van der Waals surface area contributed by atoms with Crippen LogP contribution in [-0.2, 0) is 11.2 Å². The van der Waals surface area contributed by atoms with Crippen LogP contribution in [0.5, 0.6) is 0 Å². The summed E-state index contributed by atoms with van der Waals surface area (Å²) < 4.78 is 5.33. The molecule has 0 aliphatic heterocycles. The molecule has 1 unspecified atom stereocenters. The lowest BCUT2D eigenvalue weighted by molar-refractivity contribution is 0.0635. The number of carbonyl (C=O) groups excluding carboxylic acids is 1. The predicted molar refractivity (Wildman–Crippen MR) is 86.0 cm³/mol. The van der Waals surface area contributed by atoms with Gasteiger partial charge in [-0.3, -0.25) is 0 Å². The van der Waals surface area contributed by atoms with E-state index in [9.17, 15) is 4.79 Å². The number of rotatable bonds is 6. The minimum absolute atomic E-state index is 0.121. The summed E-state index contributed by atoms with van der Waals surface area (Å²) in [6.07, 6.45) is 10.5. The van der Waals surface area contributed by atoms with Crippen LogP contribution in [0, 0.1) is 17.2 Å². The number of hydrogen-bond acceptors (Lipinski definition) is 3. The van der Waals surface area contributed by atoms with Crippen LogP contribution in [0.2, 0.25) is 0 Å². The van der Waals surface area contributed by atoms with E-state index in [4.69, 9.17) is 10.00 Å². The molecule has 0 bridgehead atoms. The Balaban J connectivity index is 1.89. The van der Waals surface area contributed by atoms with Crippen molar-refractivity contribution in [2.45, 2.75) is 39.0 Å². The van der Waals surface area contributed by atoms with Crippen molar-refractivity contribution in [2.24, 2.45) is 5.92 Å². The summed E-state index contributed by atoms with van der Waals surface area (Å²) in [6, 6.07) is 9.77. The number of hydrogen-bond donors (Lipinski definition) is 0. The molecule has 0 radical (unpaired) electrons. The molecule has 0 aromatic heterocycles. The molecule has 0 amide bonds. The highest BCUT2D eigenvalue weighted by atomic mass is 16.5. The van der Waals surface area contributed by atoms with Gasteiger partial charge >= 0.3 is 5.97 Å². The number of aryl methyl sites for hydroxylation is 1. The molecule has 3 heteroatoms. The van der Waals surface area contributed by atoms with Gasteiger partial charge in [-0.1, -0.05) is 38.0 Å². The first kappa shape index (κ1) is 16.0. The molecular formula is C19H21NO2. The zero-order valence-corrected chi connectivity index (χ0v) is 12.9. The summed E-state index contributed by atoms with van der Waals surface area (Å²) in [7, 11) is 0. The molecule has 0 fully saturated rings. The lowest BCUT2D eigenvalue weighted by atomic mass is 10.0. The average molecular weight is 295 g/mol. The van der Waals surface area contributed by atoms with Gasteiger partial charge in [0.1, 0.15) is 5.76 Å². The van der Waals surface area contributed by atoms with Gasteiger partial charge in [-0.05, 0) is 49.1 Å². The Bertz CT molecular complexity index is 605. The Morgan fingerprint density at radius 1 is 1.32 bits per heavy atom. The Kier molecular flexibility index (Phi) is 5.97. The lowest BCUT2D eigenvalue weighted by Crippen LogP contribution is -2.07. The number of ether oxygens (including phenoxy) is 1. The van der Waals surface area contributed by atoms with Crippen molar-refractivity contribution >= 4 is 5.97 Å². The van der Waals surface area contributed by atoms with Crippen molar-refractivity contribution < 1.29 is 9.53 Å². The van der Waals surface area contributed by atoms with E-state index in [1.165, 1.54) is 24.8 Å². The fourth-order valence-electron chi connectivity index (χ4n) is 2.32. The van der Waals surface area contributed by atoms with Gasteiger partial charge in [-0.2, -0.15) is 5.26 Å². The molecular weight excluding hydrogens is 274 g/mol. The molecule has 1 aliphatic carbocycles. The zero-order chi connectivity index (χ0) is 15.8. The molecule has 0 heterocycles. The van der Waals surface area contributed by atoms with Gasteiger partial charge in [-0.25, -0.2) is 4.79 Å². The van der Waals surface area contributed by atoms with Gasteiger partial charge in [0.25, 0.3) is 0 Å². The number of benzene rings is 1. The molecule has 1 aliphatic rings. The highest BCUT2D eigenvalue weighted by molar-refractivity contribution is 5.90. The standard InChI is InChI=1S/C19H21NO2/c1-2-3-4-5-15-6-10-17(11-7-15)19(21)22-18-12-8-16(14-20)9-13-18/h6-8,10-13,16H,2-5,9H2,1H3. The van der Waals surface area contributed by atoms with Gasteiger partial charge in [-0.15, -0.1) is 0 Å². The molecule has 0 saturated heterocycles. The molecule has 22 heavy (non-hydrogen) atoms. The number of nitriles is 1. The number of esters is 1. The van der Waals surface area contributed by atoms with Crippen molar-refractivity contribution in [1.29, 1.82) is 5.26 Å². The second-order valence-corrected chi connectivity index (χ2v) is 5.48. The monoisotopic (exact) mass is 295 g/mol. The first-order chi connectivity index (χ1) is 10.7. The molecule has 0 saturated carbocycles. The quantitative estimate of drug-likeness (QED) is 0.571. The van der Waals surface area contributed by atoms with Gasteiger partial charge in [0.15, 0.2) is 0 Å². The van der Waals surface area contributed by atoms with E-state index in [2.05, 4.69) is 13.0 Å². The molecule has 114 valence electrons. The second-order valence-electron chi connectivity index (χ2n) is 5.48. The lowest BCUT2D eigenvalue weighted by Gasteiger charge is -2.11. The normalized spacial score (nSPS) is 16.7. The Hall–Kier alpha value is -2.34. The largest absolute Gasteiger partial charge is 0.423 e. The zero-order valence-electron chi connectivity index (χ0n) is 12.9. The van der Waals surface area contributed by atoms with Gasteiger partial charge in [0.2, 0.25) is 0 Å². The predicted octanol–water partition coefficient (Wildman–Crippen LogP) is 4.56. The topological polar surface area (TPSA) is 50.1 Å². The SMILES string of the molecule is CCCCCc1ccc(C(=O)OC2=CCC(C#N)C=C2)cc1. The average Bonchev–Trinajstić information content (AvgIpc) is 2.56. The van der Waals surface area contributed by atoms with Crippen LogP contribution in [0.25, 0.3) is 0 Å². The maximum absolute atomic E-state index is 12.1. The fraction of sp³-hybridized carbons (Fsp3) is 0.368. The smallest absolute Gasteiger partial charge is 0.343 e. The summed E-state index contributed by atoms with van der Waals surface area (Å²) in [6.45, 7) is 2.19. The maximum atomic E-state index is 12.1. The van der Waals surface area contributed by atoms with Crippen molar-refractivity contribution in [2.75, 3.05) is 0 Å². The van der Waals surface area contributed by atoms with E-state index < -0.39 is 0 Å². The summed E-state index contributed by atoms with van der Waals surface area (Å²) in [5.41, 5.74) is 1.80. The molecule has 2 rings (SSSR count). The number of carbonyl (C=O) groups is 1. The summed E-state index contributed by atoms with van der Waals surface area (Å²) in [5, 5.41) is 8.80. The highest BCUT2D eigenvalue weighted by Gasteiger charge is 2.13. The third-order valence-corrected chi connectivity index (χ3v) is 3.70. The molecule has 3 nitrogen and oxygen atoms in total. The fourth-order valence-corrected chi connectivity index (χ4v) is 2.32. The van der Waals surface area contributed by atoms with E-state index >= 15 is 0 Å². The van der Waals surface area contributed by atoms with Crippen molar-refractivity contribution in [3.05, 3.63) is 59.4 Å². The van der Waals surface area contributed by atoms with Crippen LogP contribution < -0.4 is 0 Å². The Labute approximate surface area is 131 Å². The van der Waals surface area contributed by atoms with Crippen LogP contribution in [-0.4, -0.2) is 5.97 Å². The van der Waals surface area contributed by atoms with E-state index in [1.807, 2.05) is 24.3 Å². The number of unbranched alkanes of at least 4 members (excludes halogenated alkanes) is 2. The van der Waals surface area contributed by atoms with Gasteiger partial charge in [0.05, 0.1) is 17.6 Å².